The molecule has 7 heteroatoms. The van der Waals surface area contributed by atoms with Crippen molar-refractivity contribution in [3.63, 3.8) is 0 Å². The Morgan fingerprint density at radius 1 is 0.966 bits per heavy atom. The number of aromatic nitrogens is 1. The zero-order valence-corrected chi connectivity index (χ0v) is 17.3. The van der Waals surface area contributed by atoms with Crippen LogP contribution in [0.2, 0.25) is 0 Å². The predicted molar refractivity (Wildman–Crippen MR) is 117 cm³/mol. The van der Waals surface area contributed by atoms with Crippen molar-refractivity contribution >= 4 is 43.0 Å². The Morgan fingerprint density at radius 3 is 2.41 bits per heavy atom. The number of benzene rings is 3. The Balaban J connectivity index is 1.58. The van der Waals surface area contributed by atoms with Gasteiger partial charge in [-0.3, -0.25) is 4.79 Å². The van der Waals surface area contributed by atoms with E-state index in [1.54, 1.807) is 24.3 Å². The maximum atomic E-state index is 12.5. The summed E-state index contributed by atoms with van der Waals surface area (Å²) < 4.78 is 26.1. The maximum Gasteiger partial charge on any atom is 0.239 e. The highest BCUT2D eigenvalue weighted by Crippen LogP contribution is 2.34. The van der Waals surface area contributed by atoms with Gasteiger partial charge in [-0.1, -0.05) is 42.0 Å². The number of aryl methyl sites for hydroxylation is 1. The molecule has 4 rings (SSSR count). The molecule has 1 heterocycles. The Hall–Kier alpha value is -3.03. The minimum absolute atomic E-state index is 0.137. The number of para-hydroxylation sites is 2. The molecule has 0 spiro atoms. The van der Waals surface area contributed by atoms with Gasteiger partial charge in [0, 0.05) is 5.56 Å². The fraction of sp³-hybridized carbons (Fsp3) is 0.0909. The second-order valence-electron chi connectivity index (χ2n) is 6.65. The fourth-order valence-corrected chi connectivity index (χ4v) is 5.09. The summed E-state index contributed by atoms with van der Waals surface area (Å²) in [7, 11) is -3.72. The van der Waals surface area contributed by atoms with Crippen LogP contribution in [0.5, 0.6) is 0 Å². The van der Waals surface area contributed by atoms with Gasteiger partial charge in [-0.2, -0.15) is 0 Å². The molecule has 0 saturated carbocycles. The molecule has 0 aliphatic carbocycles. The van der Waals surface area contributed by atoms with Crippen LogP contribution >= 0.6 is 11.3 Å². The SMILES string of the molecule is Cc1ccc(S(=O)(=O)CC(=O)Nc2ccccc2-c2nc3ccccc3s2)cc1. The number of amides is 1. The Kier molecular flexibility index (Phi) is 5.17. The van der Waals surface area contributed by atoms with Gasteiger partial charge in [-0.15, -0.1) is 11.3 Å². The first-order chi connectivity index (χ1) is 13.9. The number of anilines is 1. The van der Waals surface area contributed by atoms with E-state index in [4.69, 9.17) is 0 Å². The second kappa shape index (κ2) is 7.77. The largest absolute Gasteiger partial charge is 0.325 e. The molecule has 0 saturated heterocycles. The van der Waals surface area contributed by atoms with Crippen LogP contribution in [0, 0.1) is 6.92 Å². The van der Waals surface area contributed by atoms with Gasteiger partial charge in [0.25, 0.3) is 0 Å². The summed E-state index contributed by atoms with van der Waals surface area (Å²) in [6.07, 6.45) is 0. The van der Waals surface area contributed by atoms with Gasteiger partial charge < -0.3 is 5.32 Å². The molecule has 29 heavy (non-hydrogen) atoms. The summed E-state index contributed by atoms with van der Waals surface area (Å²) >= 11 is 1.52. The third-order valence-electron chi connectivity index (χ3n) is 4.43. The van der Waals surface area contributed by atoms with E-state index in [1.165, 1.54) is 23.5 Å². The first kappa shape index (κ1) is 19.3. The highest BCUT2D eigenvalue weighted by molar-refractivity contribution is 7.92. The molecule has 0 unspecified atom stereocenters. The van der Waals surface area contributed by atoms with E-state index in [-0.39, 0.29) is 4.90 Å². The molecule has 0 atom stereocenters. The number of thiazole rings is 1. The number of hydrogen-bond donors (Lipinski definition) is 1. The monoisotopic (exact) mass is 422 g/mol. The van der Waals surface area contributed by atoms with E-state index in [9.17, 15) is 13.2 Å². The number of sulfone groups is 1. The molecule has 4 aromatic rings. The van der Waals surface area contributed by atoms with E-state index >= 15 is 0 Å². The summed E-state index contributed by atoms with van der Waals surface area (Å²) in [6.45, 7) is 1.88. The predicted octanol–water partition coefficient (Wildman–Crippen LogP) is 4.68. The first-order valence-electron chi connectivity index (χ1n) is 8.97. The fourth-order valence-electron chi connectivity index (χ4n) is 2.95. The number of nitrogens with zero attached hydrogens (tertiary/aromatic N) is 1. The molecule has 5 nitrogen and oxygen atoms in total. The average Bonchev–Trinajstić information content (AvgIpc) is 3.12. The van der Waals surface area contributed by atoms with E-state index in [0.29, 0.717) is 5.69 Å². The topological polar surface area (TPSA) is 76.1 Å². The van der Waals surface area contributed by atoms with Crippen LogP contribution in [0.15, 0.2) is 77.7 Å². The van der Waals surface area contributed by atoms with Crippen LogP contribution in [0.4, 0.5) is 5.69 Å². The number of fused-ring (bicyclic) bond motifs is 1. The van der Waals surface area contributed by atoms with Crippen LogP contribution in [-0.4, -0.2) is 25.1 Å². The Bertz CT molecular complexity index is 1260. The van der Waals surface area contributed by atoms with E-state index < -0.39 is 21.5 Å². The van der Waals surface area contributed by atoms with Crippen molar-refractivity contribution < 1.29 is 13.2 Å². The Labute approximate surface area is 173 Å². The van der Waals surface area contributed by atoms with Crippen LogP contribution < -0.4 is 5.32 Å². The van der Waals surface area contributed by atoms with Crippen LogP contribution in [-0.2, 0) is 14.6 Å². The maximum absolute atomic E-state index is 12.5. The minimum Gasteiger partial charge on any atom is -0.325 e. The molecular formula is C22H18N2O3S2. The van der Waals surface area contributed by atoms with Crippen LogP contribution in [0.3, 0.4) is 0 Å². The molecule has 0 aliphatic rings. The van der Waals surface area contributed by atoms with Crippen molar-refractivity contribution in [2.24, 2.45) is 0 Å². The summed E-state index contributed by atoms with van der Waals surface area (Å²) in [5.41, 5.74) is 3.14. The van der Waals surface area contributed by atoms with Crippen molar-refractivity contribution in [3.05, 3.63) is 78.4 Å². The second-order valence-corrected chi connectivity index (χ2v) is 9.67. The summed E-state index contributed by atoms with van der Waals surface area (Å²) in [5, 5.41) is 3.51. The first-order valence-corrected chi connectivity index (χ1v) is 11.4. The quantitative estimate of drug-likeness (QED) is 0.506. The highest BCUT2D eigenvalue weighted by Gasteiger charge is 2.20. The number of nitrogens with one attached hydrogen (secondary N) is 1. The Morgan fingerprint density at radius 2 is 1.66 bits per heavy atom. The van der Waals surface area contributed by atoms with Gasteiger partial charge in [0.1, 0.15) is 10.8 Å². The molecule has 0 bridgehead atoms. The van der Waals surface area contributed by atoms with Gasteiger partial charge in [-0.05, 0) is 43.3 Å². The van der Waals surface area contributed by atoms with Crippen LogP contribution in [0.25, 0.3) is 20.8 Å². The molecular weight excluding hydrogens is 404 g/mol. The summed E-state index contributed by atoms with van der Waals surface area (Å²) in [5.74, 6) is -1.20. The smallest absolute Gasteiger partial charge is 0.239 e. The standard InChI is InChI=1S/C22H18N2O3S2/c1-15-10-12-16(13-11-15)29(26,27)14-21(25)23-18-7-3-2-6-17(18)22-24-19-8-4-5-9-20(19)28-22/h2-13H,14H2,1H3,(H,23,25). The van der Waals surface area contributed by atoms with Gasteiger partial charge >= 0.3 is 0 Å². The van der Waals surface area contributed by atoms with Gasteiger partial charge in [0.05, 0.1) is 20.8 Å². The third kappa shape index (κ3) is 4.21. The molecule has 0 aliphatic heterocycles. The van der Waals surface area contributed by atoms with Crippen LogP contribution in [0.1, 0.15) is 5.56 Å². The lowest BCUT2D eigenvalue weighted by molar-refractivity contribution is -0.113. The normalized spacial score (nSPS) is 11.5. The highest BCUT2D eigenvalue weighted by atomic mass is 32.2. The van der Waals surface area contributed by atoms with Gasteiger partial charge in [0.15, 0.2) is 9.84 Å². The molecule has 1 aromatic heterocycles. The van der Waals surface area contributed by atoms with Crippen molar-refractivity contribution in [1.82, 2.24) is 4.98 Å². The van der Waals surface area contributed by atoms with Crippen molar-refractivity contribution in [1.29, 1.82) is 0 Å². The lowest BCUT2D eigenvalue weighted by Gasteiger charge is -2.10. The van der Waals surface area contributed by atoms with E-state index in [0.717, 1.165) is 26.4 Å². The third-order valence-corrected chi connectivity index (χ3v) is 7.13. The molecule has 1 amide bonds. The summed E-state index contributed by atoms with van der Waals surface area (Å²) in [6, 6.07) is 21.5. The number of carbonyl (C=O) groups excluding carboxylic acids is 1. The molecule has 0 radical (unpaired) electrons. The van der Waals surface area contributed by atoms with Crippen molar-refractivity contribution in [2.75, 3.05) is 11.1 Å². The number of rotatable bonds is 5. The molecule has 0 fully saturated rings. The number of carbonyl (C=O) groups is 1. The molecule has 1 N–H and O–H groups in total. The number of hydrogen-bond acceptors (Lipinski definition) is 5. The van der Waals surface area contributed by atoms with E-state index in [2.05, 4.69) is 10.3 Å². The molecule has 3 aromatic carbocycles. The molecule has 146 valence electrons. The van der Waals surface area contributed by atoms with Gasteiger partial charge in [-0.25, -0.2) is 13.4 Å². The summed E-state index contributed by atoms with van der Waals surface area (Å²) in [4.78, 5) is 17.3. The van der Waals surface area contributed by atoms with Gasteiger partial charge in [0.2, 0.25) is 5.91 Å². The lowest BCUT2D eigenvalue weighted by atomic mass is 10.2. The lowest BCUT2D eigenvalue weighted by Crippen LogP contribution is -2.23. The zero-order chi connectivity index (χ0) is 20.4. The van der Waals surface area contributed by atoms with Crippen molar-refractivity contribution in [2.45, 2.75) is 11.8 Å². The zero-order valence-electron chi connectivity index (χ0n) is 15.6. The minimum atomic E-state index is -3.72. The van der Waals surface area contributed by atoms with Crippen molar-refractivity contribution in [3.8, 4) is 10.6 Å². The average molecular weight is 423 g/mol. The van der Waals surface area contributed by atoms with E-state index in [1.807, 2.05) is 43.3 Å².